The highest BCUT2D eigenvalue weighted by Crippen LogP contribution is 2.17. The van der Waals surface area contributed by atoms with Crippen molar-refractivity contribution >= 4 is 21.6 Å². The molecule has 2 aromatic carbocycles. The first-order chi connectivity index (χ1) is 12.9. The van der Waals surface area contributed by atoms with E-state index < -0.39 is 10.0 Å². The van der Waals surface area contributed by atoms with Crippen molar-refractivity contribution in [2.75, 3.05) is 24.7 Å². The Balaban J connectivity index is 1.82. The van der Waals surface area contributed by atoms with Crippen LogP contribution in [-0.2, 0) is 21.4 Å². The quantitative estimate of drug-likeness (QED) is 0.635. The average molecular weight is 388 g/mol. The molecule has 7 heteroatoms. The zero-order chi connectivity index (χ0) is 19.7. The molecule has 0 aliphatic rings. The zero-order valence-corrected chi connectivity index (χ0v) is 16.1. The summed E-state index contributed by atoms with van der Waals surface area (Å²) < 4.78 is 30.2. The van der Waals surface area contributed by atoms with Crippen LogP contribution in [0.2, 0.25) is 0 Å². The average Bonchev–Trinajstić information content (AvgIpc) is 2.64. The van der Waals surface area contributed by atoms with Crippen LogP contribution < -0.4 is 10.1 Å². The number of carbonyl (C=O) groups excluding carboxylic acids is 1. The van der Waals surface area contributed by atoms with E-state index in [9.17, 15) is 13.2 Å². The summed E-state index contributed by atoms with van der Waals surface area (Å²) in [6, 6.07) is 16.9. The van der Waals surface area contributed by atoms with Gasteiger partial charge in [-0.1, -0.05) is 36.4 Å². The second-order valence-corrected chi connectivity index (χ2v) is 7.99. The van der Waals surface area contributed by atoms with Crippen LogP contribution in [0.25, 0.3) is 0 Å². The molecule has 1 N–H and O–H groups in total. The highest BCUT2D eigenvalue weighted by molar-refractivity contribution is 7.88. The fourth-order valence-electron chi connectivity index (χ4n) is 2.36. The third-order valence-electron chi connectivity index (χ3n) is 3.78. The number of anilines is 1. The highest BCUT2D eigenvalue weighted by atomic mass is 32.2. The molecule has 27 heavy (non-hydrogen) atoms. The first-order valence-electron chi connectivity index (χ1n) is 8.51. The number of hydrogen-bond donors (Lipinski definition) is 1. The Labute approximate surface area is 160 Å². The van der Waals surface area contributed by atoms with Gasteiger partial charge in [-0.2, -0.15) is 4.31 Å². The summed E-state index contributed by atoms with van der Waals surface area (Å²) in [7, 11) is -3.36. The van der Waals surface area contributed by atoms with Gasteiger partial charge in [-0.15, -0.1) is 6.58 Å². The summed E-state index contributed by atoms with van der Waals surface area (Å²) in [6.45, 7) is 4.29. The van der Waals surface area contributed by atoms with Gasteiger partial charge in [0.2, 0.25) is 15.9 Å². The van der Waals surface area contributed by atoms with Crippen molar-refractivity contribution in [1.29, 1.82) is 0 Å². The molecule has 0 aromatic heterocycles. The number of hydrogen-bond acceptors (Lipinski definition) is 4. The van der Waals surface area contributed by atoms with Gasteiger partial charge < -0.3 is 10.1 Å². The third kappa shape index (κ3) is 7.24. The first-order valence-corrected chi connectivity index (χ1v) is 10.4. The van der Waals surface area contributed by atoms with Gasteiger partial charge in [0, 0.05) is 25.2 Å². The summed E-state index contributed by atoms with van der Waals surface area (Å²) >= 11 is 0. The lowest BCUT2D eigenvalue weighted by molar-refractivity contribution is -0.116. The molecule has 0 aliphatic heterocycles. The summed E-state index contributed by atoms with van der Waals surface area (Å²) in [5.74, 6) is 0.441. The van der Waals surface area contributed by atoms with E-state index in [1.807, 2.05) is 30.3 Å². The van der Waals surface area contributed by atoms with Crippen molar-refractivity contribution in [3.63, 3.8) is 0 Å². The zero-order valence-electron chi connectivity index (χ0n) is 15.3. The molecule has 0 saturated carbocycles. The molecule has 0 fully saturated rings. The molecule has 0 aliphatic carbocycles. The maximum Gasteiger partial charge on any atom is 0.225 e. The summed E-state index contributed by atoms with van der Waals surface area (Å²) in [6.07, 6.45) is 2.67. The van der Waals surface area contributed by atoms with Gasteiger partial charge >= 0.3 is 0 Å². The van der Waals surface area contributed by atoms with E-state index in [0.717, 1.165) is 11.8 Å². The molecule has 0 spiro atoms. The molecular weight excluding hydrogens is 364 g/mol. The maximum absolute atomic E-state index is 12.1. The summed E-state index contributed by atoms with van der Waals surface area (Å²) in [5.41, 5.74) is 1.70. The highest BCUT2D eigenvalue weighted by Gasteiger charge is 2.16. The molecule has 6 nitrogen and oxygen atoms in total. The second kappa shape index (κ2) is 9.89. The van der Waals surface area contributed by atoms with Crippen LogP contribution in [0.1, 0.15) is 12.0 Å². The van der Waals surface area contributed by atoms with Crippen LogP contribution >= 0.6 is 0 Å². The molecule has 144 valence electrons. The van der Waals surface area contributed by atoms with E-state index in [0.29, 0.717) is 18.0 Å². The molecule has 0 radical (unpaired) electrons. The summed E-state index contributed by atoms with van der Waals surface area (Å²) in [4.78, 5) is 12.1. The van der Waals surface area contributed by atoms with E-state index in [4.69, 9.17) is 4.74 Å². The normalized spacial score (nSPS) is 11.2. The predicted molar refractivity (Wildman–Crippen MR) is 107 cm³/mol. The molecule has 2 rings (SSSR count). The van der Waals surface area contributed by atoms with Gasteiger partial charge in [-0.05, 0) is 29.8 Å². The Hall–Kier alpha value is -2.64. The van der Waals surface area contributed by atoms with Gasteiger partial charge in [0.15, 0.2) is 0 Å². The predicted octanol–water partition coefficient (Wildman–Crippen LogP) is 3.04. The van der Waals surface area contributed by atoms with Gasteiger partial charge in [-0.25, -0.2) is 8.42 Å². The Morgan fingerprint density at radius 2 is 1.81 bits per heavy atom. The van der Waals surface area contributed by atoms with E-state index in [1.165, 1.54) is 10.4 Å². The molecule has 0 unspecified atom stereocenters. The fourth-order valence-corrected chi connectivity index (χ4v) is 3.16. The van der Waals surface area contributed by atoms with Crippen LogP contribution in [0.4, 0.5) is 5.69 Å². The van der Waals surface area contributed by atoms with Crippen LogP contribution in [-0.4, -0.2) is 38.0 Å². The van der Waals surface area contributed by atoms with Crippen LogP contribution in [0.5, 0.6) is 5.75 Å². The van der Waals surface area contributed by atoms with Gasteiger partial charge in [0.05, 0.1) is 6.26 Å². The monoisotopic (exact) mass is 388 g/mol. The smallest absolute Gasteiger partial charge is 0.225 e. The lowest BCUT2D eigenvalue weighted by atomic mass is 10.2. The minimum atomic E-state index is -3.36. The van der Waals surface area contributed by atoms with Crippen molar-refractivity contribution in [3.05, 3.63) is 72.8 Å². The van der Waals surface area contributed by atoms with E-state index in [-0.39, 0.29) is 25.4 Å². The summed E-state index contributed by atoms with van der Waals surface area (Å²) in [5, 5.41) is 2.75. The van der Waals surface area contributed by atoms with Crippen molar-refractivity contribution < 1.29 is 17.9 Å². The van der Waals surface area contributed by atoms with E-state index >= 15 is 0 Å². The number of benzene rings is 2. The first kappa shape index (κ1) is 20.7. The van der Waals surface area contributed by atoms with Gasteiger partial charge in [0.25, 0.3) is 0 Å². The maximum atomic E-state index is 12.1. The fraction of sp³-hybridized carbons (Fsp3) is 0.250. The van der Waals surface area contributed by atoms with E-state index in [1.54, 1.807) is 24.3 Å². The standard InChI is InChI=1S/C20H24N2O4S/c1-3-14-22(27(2,24)25)15-13-20(23)21-18-9-11-19(12-10-18)26-16-17-7-5-4-6-8-17/h3-12H,1,13-16H2,2H3,(H,21,23). The van der Waals surface area contributed by atoms with E-state index in [2.05, 4.69) is 11.9 Å². The third-order valence-corrected chi connectivity index (χ3v) is 5.05. The largest absolute Gasteiger partial charge is 0.489 e. The number of rotatable bonds is 10. The lowest BCUT2D eigenvalue weighted by Gasteiger charge is -2.17. The topological polar surface area (TPSA) is 75.7 Å². The molecule has 2 aromatic rings. The molecule has 0 atom stereocenters. The number of amides is 1. The SMILES string of the molecule is C=CCN(CCC(=O)Nc1ccc(OCc2ccccc2)cc1)S(C)(=O)=O. The van der Waals surface area contributed by atoms with Gasteiger partial charge in [-0.3, -0.25) is 4.79 Å². The molecular formula is C20H24N2O4S. The van der Waals surface area contributed by atoms with Crippen LogP contribution in [0.3, 0.4) is 0 Å². The number of ether oxygens (including phenoxy) is 1. The molecule has 0 heterocycles. The second-order valence-electron chi connectivity index (χ2n) is 6.01. The number of carbonyl (C=O) groups is 1. The molecule has 0 saturated heterocycles. The van der Waals surface area contributed by atoms with Gasteiger partial charge in [0.1, 0.15) is 12.4 Å². The lowest BCUT2D eigenvalue weighted by Crippen LogP contribution is -2.33. The number of sulfonamides is 1. The Morgan fingerprint density at radius 3 is 2.41 bits per heavy atom. The van der Waals surface area contributed by atoms with Crippen LogP contribution in [0.15, 0.2) is 67.3 Å². The van der Waals surface area contributed by atoms with Crippen molar-refractivity contribution in [2.45, 2.75) is 13.0 Å². The van der Waals surface area contributed by atoms with Crippen molar-refractivity contribution in [2.24, 2.45) is 0 Å². The molecule has 0 bridgehead atoms. The number of nitrogens with one attached hydrogen (secondary N) is 1. The minimum absolute atomic E-state index is 0.0627. The Kier molecular flexibility index (Phi) is 7.57. The van der Waals surface area contributed by atoms with Crippen LogP contribution in [0, 0.1) is 0 Å². The molecule has 1 amide bonds. The van der Waals surface area contributed by atoms with Crippen molar-refractivity contribution in [1.82, 2.24) is 4.31 Å². The minimum Gasteiger partial charge on any atom is -0.489 e. The van der Waals surface area contributed by atoms with Crippen molar-refractivity contribution in [3.8, 4) is 5.75 Å². The number of nitrogens with zero attached hydrogens (tertiary/aromatic N) is 1. The Morgan fingerprint density at radius 1 is 1.15 bits per heavy atom. The Bertz CT molecular complexity index is 849.